The lowest BCUT2D eigenvalue weighted by Gasteiger charge is -2.40. The van der Waals surface area contributed by atoms with Crippen molar-refractivity contribution < 1.29 is 4.43 Å². The van der Waals surface area contributed by atoms with Gasteiger partial charge in [0.05, 0.1) is 0 Å². The van der Waals surface area contributed by atoms with Crippen molar-refractivity contribution in [3.8, 4) is 0 Å². The highest BCUT2D eigenvalue weighted by atomic mass is 28.4. The topological polar surface area (TPSA) is 9.23 Å². The largest absolute Gasteiger partial charge is 0.417 e. The molecule has 2 aliphatic heterocycles. The Kier molecular flexibility index (Phi) is 7.28. The Morgan fingerprint density at radius 3 is 1.91 bits per heavy atom. The average molecular weight is 336 g/mol. The molecular weight excluding hydrogens is 295 g/mol. The van der Waals surface area contributed by atoms with E-state index in [4.69, 9.17) is 4.43 Å². The fourth-order valence-electron chi connectivity index (χ4n) is 4.67. The first-order valence-corrected chi connectivity index (χ1v) is 13.4. The Morgan fingerprint density at radius 1 is 0.870 bits per heavy atom. The van der Waals surface area contributed by atoms with E-state index in [1.807, 2.05) is 0 Å². The van der Waals surface area contributed by atoms with Gasteiger partial charge >= 0.3 is 0 Å². The van der Waals surface area contributed by atoms with E-state index in [1.54, 1.807) is 25.7 Å². The van der Waals surface area contributed by atoms with Crippen LogP contribution in [0.2, 0.25) is 36.1 Å². The summed E-state index contributed by atoms with van der Waals surface area (Å²) in [7, 11) is -1.52. The summed E-state index contributed by atoms with van der Waals surface area (Å²) >= 11 is 0. The molecule has 0 aromatic carbocycles. The van der Waals surface area contributed by atoms with Crippen molar-refractivity contribution in [1.82, 2.24) is 0 Å². The zero-order valence-corrected chi connectivity index (χ0v) is 17.6. The van der Waals surface area contributed by atoms with Crippen molar-refractivity contribution in [1.29, 1.82) is 0 Å². The van der Waals surface area contributed by atoms with Crippen LogP contribution >= 0.6 is 0 Å². The maximum Gasteiger partial charge on any atom is 0.191 e. The van der Waals surface area contributed by atoms with Gasteiger partial charge in [0.25, 0.3) is 0 Å². The summed E-state index contributed by atoms with van der Waals surface area (Å²) in [4.78, 5) is 0. The van der Waals surface area contributed by atoms with Gasteiger partial charge in [-0.2, -0.15) is 0 Å². The smallest absolute Gasteiger partial charge is 0.191 e. The molecule has 0 aliphatic carbocycles. The van der Waals surface area contributed by atoms with Crippen LogP contribution in [-0.4, -0.2) is 21.6 Å². The number of rotatable bonds is 8. The molecule has 23 heavy (non-hydrogen) atoms. The number of fused-ring (bicyclic) bond motifs is 2. The van der Waals surface area contributed by atoms with E-state index in [-0.39, 0.29) is 0 Å². The molecule has 3 heteroatoms. The van der Waals surface area contributed by atoms with Crippen molar-refractivity contribution in [3.05, 3.63) is 0 Å². The van der Waals surface area contributed by atoms with E-state index in [0.717, 1.165) is 25.0 Å². The lowest BCUT2D eigenvalue weighted by atomic mass is 9.26. The molecule has 134 valence electrons. The maximum atomic E-state index is 6.29. The van der Waals surface area contributed by atoms with Crippen molar-refractivity contribution in [3.63, 3.8) is 0 Å². The Morgan fingerprint density at radius 2 is 1.39 bits per heavy atom. The van der Waals surface area contributed by atoms with Crippen LogP contribution in [0.15, 0.2) is 0 Å². The van der Waals surface area contributed by atoms with E-state index >= 15 is 0 Å². The minimum Gasteiger partial charge on any atom is -0.417 e. The van der Waals surface area contributed by atoms with Gasteiger partial charge < -0.3 is 4.43 Å². The zero-order valence-electron chi connectivity index (χ0n) is 16.6. The van der Waals surface area contributed by atoms with Crippen LogP contribution in [0.3, 0.4) is 0 Å². The third kappa shape index (κ3) is 5.63. The Labute approximate surface area is 147 Å². The maximum absolute atomic E-state index is 6.29. The van der Waals surface area contributed by atoms with Crippen LogP contribution in [0, 0.1) is 0 Å². The van der Waals surface area contributed by atoms with Crippen LogP contribution in [0.1, 0.15) is 85.0 Å². The highest BCUT2D eigenvalue weighted by Gasteiger charge is 2.38. The van der Waals surface area contributed by atoms with Crippen LogP contribution in [-0.2, 0) is 4.43 Å². The molecule has 0 saturated carbocycles. The molecule has 0 amide bonds. The molecule has 2 bridgehead atoms. The predicted octanol–water partition coefficient (Wildman–Crippen LogP) is 7.17. The third-order valence-electron chi connectivity index (χ3n) is 7.21. The van der Waals surface area contributed by atoms with Crippen molar-refractivity contribution in [2.45, 2.75) is 121 Å². The molecule has 2 heterocycles. The highest BCUT2D eigenvalue weighted by molar-refractivity contribution is 6.74. The van der Waals surface area contributed by atoms with Gasteiger partial charge in [0, 0.05) is 6.61 Å². The van der Waals surface area contributed by atoms with E-state index < -0.39 is 8.32 Å². The number of hydrogen-bond acceptors (Lipinski definition) is 1. The predicted molar refractivity (Wildman–Crippen MR) is 107 cm³/mol. The zero-order chi connectivity index (χ0) is 16.9. The quantitative estimate of drug-likeness (QED) is 0.337. The second kappa shape index (κ2) is 8.56. The molecule has 0 N–H and O–H groups in total. The molecule has 0 radical (unpaired) electrons. The first-order chi connectivity index (χ1) is 10.8. The normalized spacial score (nSPS) is 25.7. The molecule has 1 nitrogen and oxygen atoms in total. The van der Waals surface area contributed by atoms with Gasteiger partial charge in [-0.1, -0.05) is 96.5 Å². The molecule has 0 spiro atoms. The van der Waals surface area contributed by atoms with Crippen LogP contribution in [0.25, 0.3) is 0 Å². The van der Waals surface area contributed by atoms with E-state index in [9.17, 15) is 0 Å². The highest BCUT2D eigenvalue weighted by Crippen LogP contribution is 2.48. The first kappa shape index (κ1) is 19.6. The summed E-state index contributed by atoms with van der Waals surface area (Å²) in [6, 6.07) is 0. The SMILES string of the molecule is CC(C)(C)[Si](C)(C)OCCCCCCB1C2CCCC1CCC2. The average Bonchev–Trinajstić information content (AvgIpc) is 2.44. The summed E-state index contributed by atoms with van der Waals surface area (Å²) in [5.74, 6) is 2.20. The lowest BCUT2D eigenvalue weighted by Crippen LogP contribution is -2.40. The van der Waals surface area contributed by atoms with Gasteiger partial charge in [-0.25, -0.2) is 0 Å². The summed E-state index contributed by atoms with van der Waals surface area (Å²) in [6.07, 6.45) is 16.3. The van der Waals surface area contributed by atoms with Gasteiger partial charge in [-0.05, 0) is 24.6 Å². The van der Waals surface area contributed by atoms with Crippen molar-refractivity contribution >= 4 is 15.0 Å². The van der Waals surface area contributed by atoms with Gasteiger partial charge in [0.1, 0.15) is 6.71 Å². The molecule has 2 aliphatic rings. The van der Waals surface area contributed by atoms with Gasteiger partial charge in [-0.3, -0.25) is 0 Å². The fraction of sp³-hybridized carbons (Fsp3) is 1.00. The minimum atomic E-state index is -1.52. The molecular formula is C20H41BOSi. The van der Waals surface area contributed by atoms with Crippen LogP contribution < -0.4 is 0 Å². The van der Waals surface area contributed by atoms with Gasteiger partial charge in [-0.15, -0.1) is 0 Å². The molecule has 0 atom stereocenters. The Bertz CT molecular complexity index is 328. The molecule has 0 aromatic rings. The molecule has 0 unspecified atom stereocenters. The monoisotopic (exact) mass is 336 g/mol. The standard InChI is InChI=1S/C20H41BOSi/c1-20(2,3)23(4,5)22-17-9-7-6-8-16-21-18-12-10-13-19(21)15-11-14-18/h18-19H,6-17H2,1-5H3. The second-order valence-electron chi connectivity index (χ2n) is 9.86. The molecule has 2 fully saturated rings. The molecule has 2 saturated heterocycles. The van der Waals surface area contributed by atoms with E-state index in [1.165, 1.54) is 44.8 Å². The minimum absolute atomic E-state index is 0.353. The Hall–Kier alpha value is 0.242. The summed E-state index contributed by atoms with van der Waals surface area (Å²) in [5.41, 5.74) is 0. The van der Waals surface area contributed by atoms with E-state index in [0.29, 0.717) is 5.04 Å². The van der Waals surface area contributed by atoms with Gasteiger partial charge in [0.2, 0.25) is 0 Å². The van der Waals surface area contributed by atoms with Crippen molar-refractivity contribution in [2.24, 2.45) is 0 Å². The first-order valence-electron chi connectivity index (χ1n) is 10.5. The number of hydrogen-bond donors (Lipinski definition) is 0. The summed E-state index contributed by atoms with van der Waals surface area (Å²) in [5, 5.41) is 0.353. The molecule has 0 aromatic heterocycles. The van der Waals surface area contributed by atoms with E-state index in [2.05, 4.69) is 33.9 Å². The molecule has 2 rings (SSSR count). The Balaban J connectivity index is 1.55. The summed E-state index contributed by atoms with van der Waals surface area (Å²) in [6.45, 7) is 13.8. The van der Waals surface area contributed by atoms with Crippen LogP contribution in [0.4, 0.5) is 0 Å². The van der Waals surface area contributed by atoms with Crippen molar-refractivity contribution in [2.75, 3.05) is 6.61 Å². The summed E-state index contributed by atoms with van der Waals surface area (Å²) < 4.78 is 6.29. The third-order valence-corrected chi connectivity index (χ3v) is 11.7. The second-order valence-corrected chi connectivity index (χ2v) is 14.7. The van der Waals surface area contributed by atoms with Gasteiger partial charge in [0.15, 0.2) is 8.32 Å². The lowest BCUT2D eigenvalue weighted by molar-refractivity contribution is 0.277. The van der Waals surface area contributed by atoms with Crippen LogP contribution in [0.5, 0.6) is 0 Å². The number of unbranched alkanes of at least 4 members (excludes halogenated alkanes) is 3. The fourth-order valence-corrected chi connectivity index (χ4v) is 5.75.